The summed E-state index contributed by atoms with van der Waals surface area (Å²) in [4.78, 5) is 18.4. The quantitative estimate of drug-likeness (QED) is 0.905. The van der Waals surface area contributed by atoms with Crippen molar-refractivity contribution >= 4 is 23.3 Å². The van der Waals surface area contributed by atoms with E-state index in [-0.39, 0.29) is 12.8 Å². The molecule has 1 N–H and O–H groups in total. The standard InChI is InChI=1S/C16H17ClN4O3/c17-12-7-14-15(24-10-23-14)8-13(12)19-16(22)20-4-1-11(2-5-20)21-6-3-18-9-21/h3,6-9,11H,1-2,4-5,10H2,(H,19,22). The average Bonchev–Trinajstić information content (AvgIpc) is 3.26. The summed E-state index contributed by atoms with van der Waals surface area (Å²) < 4.78 is 12.7. The van der Waals surface area contributed by atoms with Crippen LogP contribution in [0.15, 0.2) is 30.9 Å². The number of carbonyl (C=O) groups is 1. The van der Waals surface area contributed by atoms with Crippen molar-refractivity contribution in [1.29, 1.82) is 0 Å². The summed E-state index contributed by atoms with van der Waals surface area (Å²) in [5.74, 6) is 1.19. The first-order chi connectivity index (χ1) is 11.7. The van der Waals surface area contributed by atoms with Gasteiger partial charge >= 0.3 is 6.03 Å². The van der Waals surface area contributed by atoms with E-state index >= 15 is 0 Å². The van der Waals surface area contributed by atoms with Crippen LogP contribution < -0.4 is 14.8 Å². The lowest BCUT2D eigenvalue weighted by Gasteiger charge is -2.32. The molecule has 2 amide bonds. The van der Waals surface area contributed by atoms with Crippen molar-refractivity contribution < 1.29 is 14.3 Å². The number of hydrogen-bond acceptors (Lipinski definition) is 4. The molecule has 2 aromatic rings. The van der Waals surface area contributed by atoms with Gasteiger partial charge in [-0.2, -0.15) is 0 Å². The van der Waals surface area contributed by atoms with E-state index in [1.807, 2.05) is 12.5 Å². The van der Waals surface area contributed by atoms with E-state index in [1.54, 1.807) is 23.2 Å². The molecular formula is C16H17ClN4O3. The number of amides is 2. The van der Waals surface area contributed by atoms with Crippen molar-refractivity contribution in [3.63, 3.8) is 0 Å². The topological polar surface area (TPSA) is 68.6 Å². The van der Waals surface area contributed by atoms with Crippen LogP contribution in [0.2, 0.25) is 5.02 Å². The number of urea groups is 1. The molecule has 24 heavy (non-hydrogen) atoms. The maximum atomic E-state index is 12.5. The molecule has 0 bridgehead atoms. The van der Waals surface area contributed by atoms with E-state index in [0.29, 0.717) is 41.3 Å². The number of hydrogen-bond donors (Lipinski definition) is 1. The summed E-state index contributed by atoms with van der Waals surface area (Å²) >= 11 is 6.20. The van der Waals surface area contributed by atoms with Gasteiger partial charge in [0.1, 0.15) is 0 Å². The van der Waals surface area contributed by atoms with E-state index in [0.717, 1.165) is 12.8 Å². The Balaban J connectivity index is 1.39. The van der Waals surface area contributed by atoms with Gasteiger partial charge in [-0.05, 0) is 12.8 Å². The van der Waals surface area contributed by atoms with Gasteiger partial charge in [-0.3, -0.25) is 0 Å². The van der Waals surface area contributed by atoms with Crippen LogP contribution in [0.25, 0.3) is 0 Å². The Bertz CT molecular complexity index is 742. The molecule has 0 aliphatic carbocycles. The predicted molar refractivity (Wildman–Crippen MR) is 88.7 cm³/mol. The molecule has 7 nitrogen and oxygen atoms in total. The van der Waals surface area contributed by atoms with Gasteiger partial charge in [0.15, 0.2) is 11.5 Å². The molecule has 1 saturated heterocycles. The summed E-state index contributed by atoms with van der Waals surface area (Å²) in [6.07, 6.45) is 7.37. The van der Waals surface area contributed by atoms with Crippen molar-refractivity contribution in [3.8, 4) is 11.5 Å². The third kappa shape index (κ3) is 2.87. The minimum Gasteiger partial charge on any atom is -0.454 e. The van der Waals surface area contributed by atoms with Gasteiger partial charge in [-0.15, -0.1) is 0 Å². The van der Waals surface area contributed by atoms with E-state index in [9.17, 15) is 4.79 Å². The van der Waals surface area contributed by atoms with Crippen LogP contribution >= 0.6 is 11.6 Å². The van der Waals surface area contributed by atoms with Crippen LogP contribution in [-0.2, 0) is 0 Å². The smallest absolute Gasteiger partial charge is 0.321 e. The number of carbonyl (C=O) groups excluding carboxylic acids is 1. The molecule has 1 fully saturated rings. The third-order valence-corrected chi connectivity index (χ3v) is 4.71. The molecule has 3 heterocycles. The van der Waals surface area contributed by atoms with E-state index in [1.165, 1.54) is 0 Å². The number of halogens is 1. The molecule has 2 aliphatic rings. The first kappa shape index (κ1) is 15.1. The fraction of sp³-hybridized carbons (Fsp3) is 0.375. The van der Waals surface area contributed by atoms with Crippen molar-refractivity contribution in [1.82, 2.24) is 14.5 Å². The number of piperidine rings is 1. The summed E-state index contributed by atoms with van der Waals surface area (Å²) in [5.41, 5.74) is 0.530. The highest BCUT2D eigenvalue weighted by Crippen LogP contribution is 2.39. The molecule has 4 rings (SSSR count). The molecule has 1 aromatic heterocycles. The van der Waals surface area contributed by atoms with Crippen LogP contribution in [0.4, 0.5) is 10.5 Å². The van der Waals surface area contributed by atoms with Gasteiger partial charge in [0, 0.05) is 43.7 Å². The fourth-order valence-electron chi connectivity index (χ4n) is 3.06. The van der Waals surface area contributed by atoms with Gasteiger partial charge < -0.3 is 24.3 Å². The van der Waals surface area contributed by atoms with Gasteiger partial charge in [0.2, 0.25) is 6.79 Å². The number of nitrogens with zero attached hydrogens (tertiary/aromatic N) is 3. The summed E-state index contributed by atoms with van der Waals surface area (Å²) in [6.45, 7) is 1.55. The fourth-order valence-corrected chi connectivity index (χ4v) is 3.26. The number of aromatic nitrogens is 2. The zero-order valence-electron chi connectivity index (χ0n) is 12.9. The zero-order chi connectivity index (χ0) is 16.5. The molecule has 126 valence electrons. The number of rotatable bonds is 2. The number of ether oxygens (including phenoxy) is 2. The Morgan fingerprint density at radius 3 is 2.71 bits per heavy atom. The molecule has 1 aromatic carbocycles. The van der Waals surface area contributed by atoms with Crippen molar-refractivity contribution in [2.45, 2.75) is 18.9 Å². The highest BCUT2D eigenvalue weighted by Gasteiger charge is 2.25. The summed E-state index contributed by atoms with van der Waals surface area (Å²) in [5, 5.41) is 3.29. The van der Waals surface area contributed by atoms with Gasteiger partial charge in [-0.1, -0.05) is 11.6 Å². The first-order valence-electron chi connectivity index (χ1n) is 7.83. The largest absolute Gasteiger partial charge is 0.454 e. The monoisotopic (exact) mass is 348 g/mol. The van der Waals surface area contributed by atoms with E-state index in [4.69, 9.17) is 21.1 Å². The third-order valence-electron chi connectivity index (χ3n) is 4.40. The zero-order valence-corrected chi connectivity index (χ0v) is 13.7. The maximum absolute atomic E-state index is 12.5. The Morgan fingerprint density at radius 2 is 2.00 bits per heavy atom. The normalized spacial score (nSPS) is 17.1. The summed E-state index contributed by atoms with van der Waals surface area (Å²) in [6, 6.07) is 3.59. The highest BCUT2D eigenvalue weighted by molar-refractivity contribution is 6.34. The Labute approximate surface area is 144 Å². The molecule has 0 unspecified atom stereocenters. The molecule has 0 spiro atoms. The number of likely N-dealkylation sites (tertiary alicyclic amines) is 1. The lowest BCUT2D eigenvalue weighted by atomic mass is 10.1. The predicted octanol–water partition coefficient (Wildman–Crippen LogP) is 3.13. The number of anilines is 1. The second-order valence-corrected chi connectivity index (χ2v) is 6.25. The number of nitrogens with one attached hydrogen (secondary N) is 1. The Morgan fingerprint density at radius 1 is 1.25 bits per heavy atom. The minimum absolute atomic E-state index is 0.153. The summed E-state index contributed by atoms with van der Waals surface area (Å²) in [7, 11) is 0. The van der Waals surface area contributed by atoms with Gasteiger partial charge in [0.25, 0.3) is 0 Å². The van der Waals surface area contributed by atoms with Gasteiger partial charge in [0.05, 0.1) is 17.0 Å². The second-order valence-electron chi connectivity index (χ2n) is 5.84. The number of fused-ring (bicyclic) bond motifs is 1. The molecule has 0 atom stereocenters. The number of benzene rings is 1. The Kier molecular flexibility index (Phi) is 3.93. The Hall–Kier alpha value is -2.41. The van der Waals surface area contributed by atoms with Crippen LogP contribution in [0.1, 0.15) is 18.9 Å². The maximum Gasteiger partial charge on any atom is 0.321 e. The van der Waals surface area contributed by atoms with Crippen LogP contribution in [0.5, 0.6) is 11.5 Å². The number of imidazole rings is 1. The molecule has 0 saturated carbocycles. The SMILES string of the molecule is O=C(Nc1cc2c(cc1Cl)OCO2)N1CCC(n2ccnc2)CC1. The van der Waals surface area contributed by atoms with Crippen molar-refractivity contribution in [3.05, 3.63) is 35.9 Å². The van der Waals surface area contributed by atoms with Gasteiger partial charge in [-0.25, -0.2) is 9.78 Å². The first-order valence-corrected chi connectivity index (χ1v) is 8.21. The highest BCUT2D eigenvalue weighted by atomic mass is 35.5. The van der Waals surface area contributed by atoms with Crippen molar-refractivity contribution in [2.24, 2.45) is 0 Å². The molecule has 0 radical (unpaired) electrons. The van der Waals surface area contributed by atoms with Crippen LogP contribution in [-0.4, -0.2) is 40.4 Å². The van der Waals surface area contributed by atoms with Crippen LogP contribution in [0.3, 0.4) is 0 Å². The average molecular weight is 349 g/mol. The van der Waals surface area contributed by atoms with Crippen LogP contribution in [0, 0.1) is 0 Å². The molecule has 8 heteroatoms. The second kappa shape index (κ2) is 6.24. The van der Waals surface area contributed by atoms with Crippen molar-refractivity contribution in [2.75, 3.05) is 25.2 Å². The van der Waals surface area contributed by atoms with E-state index in [2.05, 4.69) is 14.9 Å². The lowest BCUT2D eigenvalue weighted by molar-refractivity contribution is 0.174. The minimum atomic E-state index is -0.153. The molecule has 2 aliphatic heterocycles. The van der Waals surface area contributed by atoms with E-state index < -0.39 is 0 Å². The lowest BCUT2D eigenvalue weighted by Crippen LogP contribution is -2.41. The molecular weight excluding hydrogens is 332 g/mol.